The highest BCUT2D eigenvalue weighted by atomic mass is 16.3. The molecule has 0 aliphatic heterocycles. The van der Waals surface area contributed by atoms with E-state index in [1.54, 1.807) is 6.92 Å². The van der Waals surface area contributed by atoms with Crippen LogP contribution in [0.1, 0.15) is 74.5 Å². The summed E-state index contributed by atoms with van der Waals surface area (Å²) in [5.41, 5.74) is 0.646. The highest BCUT2D eigenvalue weighted by molar-refractivity contribution is 5.91. The normalized spacial score (nSPS) is 12.1. The van der Waals surface area contributed by atoms with E-state index < -0.39 is 0 Å². The highest BCUT2D eigenvalue weighted by Crippen LogP contribution is 1.99. The third-order valence-electron chi connectivity index (χ3n) is 4.94. The zero-order valence-electron chi connectivity index (χ0n) is 21.2. The van der Waals surface area contributed by atoms with Gasteiger partial charge in [-0.1, -0.05) is 67.7 Å². The molecule has 1 heterocycles. The van der Waals surface area contributed by atoms with Crippen LogP contribution in [0.5, 0.6) is 0 Å². The third kappa shape index (κ3) is 15.9. The molecule has 3 N–H and O–H groups in total. The number of rotatable bonds is 17. The van der Waals surface area contributed by atoms with Crippen LogP contribution in [-0.4, -0.2) is 29.9 Å². The monoisotopic (exact) mass is 481 g/mol. The van der Waals surface area contributed by atoms with E-state index in [9.17, 15) is 14.5 Å². The summed E-state index contributed by atoms with van der Waals surface area (Å²) in [6.45, 7) is 4.42. The van der Waals surface area contributed by atoms with Crippen LogP contribution in [-0.2, 0) is 4.79 Å². The number of carbonyl (C=O) groups is 2. The zero-order chi connectivity index (χ0) is 25.6. The number of hydrogen-bond donors (Lipinski definition) is 3. The Hall–Kier alpha value is -3.48. The van der Waals surface area contributed by atoms with Gasteiger partial charge in [0.15, 0.2) is 5.69 Å². The Morgan fingerprint density at radius 2 is 1.40 bits per heavy atom. The molecule has 1 rings (SSSR count). The summed E-state index contributed by atoms with van der Waals surface area (Å²) in [5, 5.41) is 5.45. The number of hydrogen-bond acceptors (Lipinski definition) is 3. The van der Waals surface area contributed by atoms with Crippen molar-refractivity contribution in [2.24, 2.45) is 0 Å². The van der Waals surface area contributed by atoms with E-state index in [0.29, 0.717) is 29.6 Å². The summed E-state index contributed by atoms with van der Waals surface area (Å²) in [6, 6.07) is 0. The quantitative estimate of drug-likeness (QED) is 0.166. The average molecular weight is 482 g/mol. The number of nitrogens with zero attached hydrogens (tertiary/aromatic N) is 1. The Labute approximate surface area is 209 Å². The number of aromatic nitrogens is 2. The number of nitrogens with one attached hydrogen (secondary N) is 3. The van der Waals surface area contributed by atoms with Crippen LogP contribution in [0.2, 0.25) is 0 Å². The number of carbonyl (C=O) groups excluding carboxylic acids is 2. The lowest BCUT2D eigenvalue weighted by Crippen LogP contribution is -2.35. The second kappa shape index (κ2) is 19.9. The van der Waals surface area contributed by atoms with Crippen LogP contribution in [0.4, 0.5) is 0 Å². The molecule has 0 aromatic carbocycles. The summed E-state index contributed by atoms with van der Waals surface area (Å²) < 4.78 is 0.629. The van der Waals surface area contributed by atoms with Crippen molar-refractivity contribution in [3.8, 4) is 0 Å². The molecular formula is C28H41N4O3+. The number of H-pyrrole nitrogens is 1. The van der Waals surface area contributed by atoms with Crippen molar-refractivity contribution >= 4 is 11.8 Å². The molecule has 0 atom stereocenters. The molecule has 35 heavy (non-hydrogen) atoms. The Balaban J connectivity index is 2.01. The lowest BCUT2D eigenvalue weighted by atomic mass is 10.2. The van der Waals surface area contributed by atoms with Crippen molar-refractivity contribution in [1.82, 2.24) is 15.6 Å². The van der Waals surface area contributed by atoms with Crippen LogP contribution >= 0.6 is 0 Å². The average Bonchev–Trinajstić information content (AvgIpc) is 2.85. The molecule has 2 amide bonds. The van der Waals surface area contributed by atoms with Crippen molar-refractivity contribution in [2.75, 3.05) is 13.1 Å². The SMILES string of the molecule is CC/C=C\C/C=C\C/C=C\C/C=C\C/C=C\CCCC(=O)NCCNC(=O)c1c[n+](=O)c(C)c[nH]1. The van der Waals surface area contributed by atoms with Crippen molar-refractivity contribution in [3.05, 3.63) is 89.4 Å². The molecular weight excluding hydrogens is 440 g/mol. The minimum Gasteiger partial charge on any atom is -0.354 e. The van der Waals surface area contributed by atoms with Crippen LogP contribution in [0.25, 0.3) is 0 Å². The first-order valence-corrected chi connectivity index (χ1v) is 12.5. The van der Waals surface area contributed by atoms with Gasteiger partial charge in [0, 0.05) is 31.3 Å². The van der Waals surface area contributed by atoms with Gasteiger partial charge in [-0.05, 0) is 44.9 Å². The summed E-state index contributed by atoms with van der Waals surface area (Å²) >= 11 is 0. The van der Waals surface area contributed by atoms with Gasteiger partial charge < -0.3 is 15.6 Å². The van der Waals surface area contributed by atoms with Gasteiger partial charge in [-0.25, -0.2) is 0 Å². The van der Waals surface area contributed by atoms with Gasteiger partial charge >= 0.3 is 0 Å². The molecule has 7 nitrogen and oxygen atoms in total. The smallest absolute Gasteiger partial charge is 0.274 e. The summed E-state index contributed by atoms with van der Waals surface area (Å²) in [7, 11) is 0. The van der Waals surface area contributed by atoms with Gasteiger partial charge in [0.25, 0.3) is 17.8 Å². The first-order valence-electron chi connectivity index (χ1n) is 12.5. The number of allylic oxidation sites excluding steroid dienone is 10. The molecule has 0 unspecified atom stereocenters. The van der Waals surface area contributed by atoms with Gasteiger partial charge in [-0.2, -0.15) is 0 Å². The van der Waals surface area contributed by atoms with E-state index in [0.717, 1.165) is 44.9 Å². The molecule has 0 bridgehead atoms. The predicted octanol–water partition coefficient (Wildman–Crippen LogP) is 5.01. The molecule has 0 aliphatic rings. The molecule has 1 aromatic heterocycles. The first kappa shape index (κ1) is 29.6. The van der Waals surface area contributed by atoms with E-state index >= 15 is 0 Å². The maximum atomic E-state index is 12.0. The minimum absolute atomic E-state index is 0.0362. The number of amides is 2. The molecule has 0 spiro atoms. The Bertz CT molecular complexity index is 955. The Morgan fingerprint density at radius 1 is 0.857 bits per heavy atom. The molecule has 0 radical (unpaired) electrons. The van der Waals surface area contributed by atoms with Crippen molar-refractivity contribution in [1.29, 1.82) is 0 Å². The minimum atomic E-state index is -0.387. The van der Waals surface area contributed by atoms with Gasteiger partial charge in [0.2, 0.25) is 5.91 Å². The fourth-order valence-corrected chi connectivity index (χ4v) is 2.94. The standard InChI is InChI=1S/C28H40N4O3/c1-3-4-5-6-7-8-9-10-11-12-13-14-15-16-17-18-19-20-27(33)29-21-22-30-28(34)26-24-32(35)25(2)23-31-26/h4-5,7-8,10-11,13-14,16-17,23-24H,3,6,9,12,15,18-22H2,1-2H3,(H2-,29,30,31,33,34,35)/p+1/b5-4-,8-7-,11-10-,14-13-,17-16-. The maximum absolute atomic E-state index is 12.0. The fourth-order valence-electron chi connectivity index (χ4n) is 2.94. The van der Waals surface area contributed by atoms with E-state index in [4.69, 9.17) is 0 Å². The van der Waals surface area contributed by atoms with Gasteiger partial charge in [-0.15, -0.1) is 0 Å². The third-order valence-corrected chi connectivity index (χ3v) is 4.94. The Morgan fingerprint density at radius 3 is 1.97 bits per heavy atom. The topological polar surface area (TPSA) is 97.0 Å². The predicted molar refractivity (Wildman–Crippen MR) is 143 cm³/mol. The van der Waals surface area contributed by atoms with Crippen LogP contribution < -0.4 is 15.1 Å². The van der Waals surface area contributed by atoms with Crippen LogP contribution in [0, 0.1) is 11.8 Å². The lowest BCUT2D eigenvalue weighted by Gasteiger charge is -2.06. The van der Waals surface area contributed by atoms with E-state index in [2.05, 4.69) is 83.3 Å². The van der Waals surface area contributed by atoms with Crippen LogP contribution in [0.15, 0.2) is 73.2 Å². The molecule has 0 saturated heterocycles. The second-order valence-corrected chi connectivity index (χ2v) is 8.00. The number of aromatic amines is 1. The molecule has 7 heteroatoms. The first-order chi connectivity index (χ1) is 17.0. The highest BCUT2D eigenvalue weighted by Gasteiger charge is 2.12. The van der Waals surface area contributed by atoms with Crippen molar-refractivity contribution < 1.29 is 14.0 Å². The van der Waals surface area contributed by atoms with Gasteiger partial charge in [0.1, 0.15) is 0 Å². The molecule has 0 fully saturated rings. The van der Waals surface area contributed by atoms with Crippen molar-refractivity contribution in [2.45, 2.75) is 65.2 Å². The van der Waals surface area contributed by atoms with E-state index in [1.807, 2.05) is 0 Å². The van der Waals surface area contributed by atoms with Gasteiger partial charge in [0.05, 0.1) is 10.6 Å². The largest absolute Gasteiger partial charge is 0.354 e. The summed E-state index contributed by atoms with van der Waals surface area (Å²) in [4.78, 5) is 38.1. The van der Waals surface area contributed by atoms with Crippen LogP contribution in [0.3, 0.4) is 0 Å². The molecule has 0 aliphatic carbocycles. The molecule has 190 valence electrons. The summed E-state index contributed by atoms with van der Waals surface area (Å²) in [6.07, 6.45) is 31.3. The van der Waals surface area contributed by atoms with E-state index in [1.165, 1.54) is 12.4 Å². The fraction of sp³-hybridized carbons (Fsp3) is 0.429. The Kier molecular flexibility index (Phi) is 16.8. The molecule has 1 aromatic rings. The molecule has 0 saturated carbocycles. The zero-order valence-corrected chi connectivity index (χ0v) is 21.2. The van der Waals surface area contributed by atoms with E-state index in [-0.39, 0.29) is 17.5 Å². The summed E-state index contributed by atoms with van der Waals surface area (Å²) in [5.74, 6) is -0.423. The van der Waals surface area contributed by atoms with Crippen molar-refractivity contribution in [3.63, 3.8) is 0 Å². The second-order valence-electron chi connectivity index (χ2n) is 8.00. The number of aryl methyl sites for hydroxylation is 1. The van der Waals surface area contributed by atoms with Gasteiger partial charge in [-0.3, -0.25) is 9.59 Å². The lowest BCUT2D eigenvalue weighted by molar-refractivity contribution is -0.503. The number of unbranched alkanes of at least 4 members (excludes halogenated alkanes) is 1. The maximum Gasteiger partial charge on any atom is 0.274 e.